The molecule has 1 saturated heterocycles. The predicted octanol–water partition coefficient (Wildman–Crippen LogP) is 3.46. The number of rotatable bonds is 6. The molecule has 2 heterocycles. The molecule has 0 bridgehead atoms. The van der Waals surface area contributed by atoms with Crippen LogP contribution in [0, 0.1) is 6.92 Å². The van der Waals surface area contributed by atoms with Gasteiger partial charge in [-0.1, -0.05) is 18.2 Å². The SMILES string of the molecule is Cc1ccnc(NC2CCCN(Cc3ccccc3OC(F)F)C2)n1. The molecule has 0 amide bonds. The van der Waals surface area contributed by atoms with Gasteiger partial charge in [-0.25, -0.2) is 9.97 Å². The van der Waals surface area contributed by atoms with Crippen LogP contribution in [0.1, 0.15) is 24.1 Å². The average Bonchev–Trinajstić information content (AvgIpc) is 2.57. The standard InChI is InChI=1S/C18H22F2N4O/c1-13-8-9-21-18(22-13)23-15-6-4-10-24(12-15)11-14-5-2-3-7-16(14)25-17(19)20/h2-3,5,7-9,15,17H,4,6,10-12H2,1H3,(H,21,22,23). The van der Waals surface area contributed by atoms with Crippen LogP contribution in [0.2, 0.25) is 0 Å². The Morgan fingerprint density at radius 1 is 1.32 bits per heavy atom. The summed E-state index contributed by atoms with van der Waals surface area (Å²) in [5.74, 6) is 0.878. The van der Waals surface area contributed by atoms with E-state index in [0.717, 1.165) is 37.2 Å². The fourth-order valence-corrected chi connectivity index (χ4v) is 3.10. The molecule has 25 heavy (non-hydrogen) atoms. The maximum absolute atomic E-state index is 12.6. The molecule has 2 aromatic rings. The summed E-state index contributed by atoms with van der Waals surface area (Å²) >= 11 is 0. The lowest BCUT2D eigenvalue weighted by atomic mass is 10.0. The maximum Gasteiger partial charge on any atom is 0.387 e. The summed E-state index contributed by atoms with van der Waals surface area (Å²) in [7, 11) is 0. The number of benzene rings is 1. The second-order valence-electron chi connectivity index (χ2n) is 6.23. The van der Waals surface area contributed by atoms with Gasteiger partial charge in [-0.15, -0.1) is 0 Å². The Kier molecular flexibility index (Phi) is 5.75. The van der Waals surface area contributed by atoms with Gasteiger partial charge in [-0.3, -0.25) is 4.90 Å². The summed E-state index contributed by atoms with van der Waals surface area (Å²) in [6, 6.07) is 9.06. The van der Waals surface area contributed by atoms with E-state index in [4.69, 9.17) is 0 Å². The molecule has 3 rings (SSSR count). The molecule has 1 atom stereocenters. The number of aryl methyl sites for hydroxylation is 1. The molecule has 0 saturated carbocycles. The number of aromatic nitrogens is 2. The van der Waals surface area contributed by atoms with Crippen LogP contribution >= 0.6 is 0 Å². The minimum Gasteiger partial charge on any atom is -0.434 e. The first-order chi connectivity index (χ1) is 12.1. The second-order valence-corrected chi connectivity index (χ2v) is 6.23. The molecular formula is C18H22F2N4O. The van der Waals surface area contributed by atoms with Crippen LogP contribution in [0.25, 0.3) is 0 Å². The van der Waals surface area contributed by atoms with Crippen LogP contribution in [0.3, 0.4) is 0 Å². The molecule has 1 aliphatic rings. The molecule has 134 valence electrons. The van der Waals surface area contributed by atoms with Crippen molar-refractivity contribution in [2.24, 2.45) is 0 Å². The molecule has 1 aromatic carbocycles. The number of alkyl halides is 2. The van der Waals surface area contributed by atoms with Gasteiger partial charge in [-0.2, -0.15) is 8.78 Å². The van der Waals surface area contributed by atoms with Crippen molar-refractivity contribution in [2.45, 2.75) is 39.0 Å². The molecule has 1 unspecified atom stereocenters. The molecule has 1 aliphatic heterocycles. The molecule has 7 heteroatoms. The highest BCUT2D eigenvalue weighted by Gasteiger charge is 2.22. The summed E-state index contributed by atoms with van der Waals surface area (Å²) in [5.41, 5.74) is 1.69. The fraction of sp³-hybridized carbons (Fsp3) is 0.444. The zero-order valence-electron chi connectivity index (χ0n) is 14.2. The normalized spacial score (nSPS) is 18.3. The lowest BCUT2D eigenvalue weighted by Crippen LogP contribution is -2.42. The zero-order chi connectivity index (χ0) is 17.6. The Labute approximate surface area is 146 Å². The van der Waals surface area contributed by atoms with Gasteiger partial charge >= 0.3 is 6.61 Å². The smallest absolute Gasteiger partial charge is 0.387 e. The molecule has 5 nitrogen and oxygen atoms in total. The number of likely N-dealkylation sites (tertiary alicyclic amines) is 1. The van der Waals surface area contributed by atoms with E-state index in [2.05, 4.69) is 24.9 Å². The van der Waals surface area contributed by atoms with E-state index in [9.17, 15) is 8.78 Å². The zero-order valence-corrected chi connectivity index (χ0v) is 14.2. The van der Waals surface area contributed by atoms with Crippen molar-refractivity contribution in [1.29, 1.82) is 0 Å². The van der Waals surface area contributed by atoms with Gasteiger partial charge in [0, 0.05) is 36.6 Å². The first-order valence-corrected chi connectivity index (χ1v) is 8.41. The van der Waals surface area contributed by atoms with Crippen molar-refractivity contribution in [3.63, 3.8) is 0 Å². The Hall–Kier alpha value is -2.28. The van der Waals surface area contributed by atoms with Gasteiger partial charge in [0.25, 0.3) is 0 Å². The average molecular weight is 348 g/mol. The van der Waals surface area contributed by atoms with Crippen LogP contribution < -0.4 is 10.1 Å². The second kappa shape index (κ2) is 8.20. The fourth-order valence-electron chi connectivity index (χ4n) is 3.10. The van der Waals surface area contributed by atoms with Crippen LogP contribution in [0.5, 0.6) is 5.75 Å². The van der Waals surface area contributed by atoms with E-state index < -0.39 is 6.61 Å². The van der Waals surface area contributed by atoms with Crippen molar-refractivity contribution in [3.05, 3.63) is 47.8 Å². The third-order valence-electron chi connectivity index (χ3n) is 4.22. The highest BCUT2D eigenvalue weighted by atomic mass is 19.3. The molecule has 1 N–H and O–H groups in total. The van der Waals surface area contributed by atoms with Crippen molar-refractivity contribution < 1.29 is 13.5 Å². The third kappa shape index (κ3) is 5.09. The number of halogens is 2. The predicted molar refractivity (Wildman–Crippen MR) is 91.8 cm³/mol. The largest absolute Gasteiger partial charge is 0.434 e. The highest BCUT2D eigenvalue weighted by molar-refractivity contribution is 5.33. The van der Waals surface area contributed by atoms with Crippen LogP contribution in [0.15, 0.2) is 36.5 Å². The Morgan fingerprint density at radius 3 is 2.96 bits per heavy atom. The van der Waals surface area contributed by atoms with Crippen LogP contribution in [-0.2, 0) is 6.54 Å². The van der Waals surface area contributed by atoms with Crippen molar-refractivity contribution in [1.82, 2.24) is 14.9 Å². The minimum absolute atomic E-state index is 0.235. The molecule has 0 radical (unpaired) electrons. The van der Waals surface area contributed by atoms with E-state index in [1.807, 2.05) is 25.1 Å². The molecule has 0 aliphatic carbocycles. The van der Waals surface area contributed by atoms with Crippen LogP contribution in [-0.4, -0.2) is 40.6 Å². The van der Waals surface area contributed by atoms with Crippen molar-refractivity contribution >= 4 is 5.95 Å². The molecule has 1 aromatic heterocycles. The molecular weight excluding hydrogens is 326 g/mol. The van der Waals surface area contributed by atoms with Gasteiger partial charge in [-0.05, 0) is 38.4 Å². The summed E-state index contributed by atoms with van der Waals surface area (Å²) in [6.45, 7) is 1.43. The molecule has 0 spiro atoms. The topological polar surface area (TPSA) is 50.3 Å². The summed E-state index contributed by atoms with van der Waals surface area (Å²) in [4.78, 5) is 10.9. The van der Waals surface area contributed by atoms with E-state index in [1.165, 1.54) is 0 Å². The molecule has 1 fully saturated rings. The van der Waals surface area contributed by atoms with E-state index in [1.54, 1.807) is 18.3 Å². The highest BCUT2D eigenvalue weighted by Crippen LogP contribution is 2.24. The third-order valence-corrected chi connectivity index (χ3v) is 4.22. The first-order valence-electron chi connectivity index (χ1n) is 8.41. The summed E-state index contributed by atoms with van der Waals surface area (Å²) < 4.78 is 29.7. The van der Waals surface area contributed by atoms with Crippen LogP contribution in [0.4, 0.5) is 14.7 Å². The van der Waals surface area contributed by atoms with E-state index in [0.29, 0.717) is 12.5 Å². The monoisotopic (exact) mass is 348 g/mol. The van der Waals surface area contributed by atoms with Gasteiger partial charge in [0.2, 0.25) is 5.95 Å². The van der Waals surface area contributed by atoms with Gasteiger partial charge in [0.1, 0.15) is 5.75 Å². The number of hydrogen-bond acceptors (Lipinski definition) is 5. The van der Waals surface area contributed by atoms with Crippen molar-refractivity contribution in [3.8, 4) is 5.75 Å². The summed E-state index contributed by atoms with van der Waals surface area (Å²) in [6.07, 6.45) is 3.80. The first kappa shape index (κ1) is 17.5. The lowest BCUT2D eigenvalue weighted by molar-refractivity contribution is -0.0508. The Balaban J connectivity index is 1.62. The number of para-hydroxylation sites is 1. The van der Waals surface area contributed by atoms with Gasteiger partial charge in [0.15, 0.2) is 0 Å². The van der Waals surface area contributed by atoms with E-state index in [-0.39, 0.29) is 11.8 Å². The number of ether oxygens (including phenoxy) is 1. The van der Waals surface area contributed by atoms with E-state index >= 15 is 0 Å². The number of anilines is 1. The number of nitrogens with zero attached hydrogens (tertiary/aromatic N) is 3. The van der Waals surface area contributed by atoms with Gasteiger partial charge in [0.05, 0.1) is 0 Å². The maximum atomic E-state index is 12.6. The lowest BCUT2D eigenvalue weighted by Gasteiger charge is -2.33. The number of piperidine rings is 1. The van der Waals surface area contributed by atoms with Gasteiger partial charge < -0.3 is 10.1 Å². The minimum atomic E-state index is -2.81. The Bertz CT molecular complexity index is 698. The number of hydrogen-bond donors (Lipinski definition) is 1. The Morgan fingerprint density at radius 2 is 2.16 bits per heavy atom. The van der Waals surface area contributed by atoms with Crippen molar-refractivity contribution in [2.75, 3.05) is 18.4 Å². The quantitative estimate of drug-likeness (QED) is 0.866. The number of nitrogens with one attached hydrogen (secondary N) is 1. The summed E-state index contributed by atoms with van der Waals surface area (Å²) in [5, 5.41) is 3.37.